The molecular weight excluding hydrogens is 829 g/mol. The second-order valence-electron chi connectivity index (χ2n) is 17.4. The molecule has 0 fully saturated rings. The number of allylic oxidation sites excluding steroid dienone is 20. The first kappa shape index (κ1) is 62.8. The van der Waals surface area contributed by atoms with Crippen molar-refractivity contribution in [3.05, 3.63) is 122 Å². The van der Waals surface area contributed by atoms with Gasteiger partial charge < -0.3 is 14.2 Å². The van der Waals surface area contributed by atoms with Gasteiger partial charge in [-0.2, -0.15) is 0 Å². The van der Waals surface area contributed by atoms with Gasteiger partial charge in [-0.15, -0.1) is 0 Å². The van der Waals surface area contributed by atoms with E-state index in [2.05, 4.69) is 142 Å². The molecule has 0 aromatic rings. The lowest BCUT2D eigenvalue weighted by Gasteiger charge is -2.18. The molecule has 6 heteroatoms. The third kappa shape index (κ3) is 52.6. The summed E-state index contributed by atoms with van der Waals surface area (Å²) in [4.78, 5) is 38.1. The van der Waals surface area contributed by atoms with Crippen LogP contribution in [0.2, 0.25) is 0 Å². The number of ether oxygens (including phenoxy) is 3. The standard InChI is InChI=1S/C61H98O6/c1-4-7-10-13-16-19-22-25-28-30-33-36-39-42-45-48-51-54-60(63)66-57-58(56-65-59(62)53-50-47-44-41-38-35-32-27-24-21-18-15-12-9-6-3)67-61(64)55-52-49-46-43-40-37-34-31-29-26-23-20-17-14-11-8-5-2/h7,9-10,12,16-21,25-29,32-33,36,42,45,58H,4-6,8,11,13-15,22-24,30-31,34-35,37-41,43-44,46-57H2,1-3H3/b10-7+,12-9+,19-16+,20-17+,21-18+,28-25+,29-26+,32-27+,36-33+,45-42+/t58-/m1/s1. The lowest BCUT2D eigenvalue weighted by atomic mass is 10.1. The van der Waals surface area contributed by atoms with Gasteiger partial charge in [0.25, 0.3) is 0 Å². The number of carbonyl (C=O) groups excluding carboxylic acids is 3. The molecular formula is C61H98O6. The lowest BCUT2D eigenvalue weighted by Crippen LogP contribution is -2.30. The van der Waals surface area contributed by atoms with Gasteiger partial charge in [0, 0.05) is 19.3 Å². The highest BCUT2D eigenvalue weighted by atomic mass is 16.6. The summed E-state index contributed by atoms with van der Waals surface area (Å²) in [5, 5.41) is 0. The molecule has 378 valence electrons. The summed E-state index contributed by atoms with van der Waals surface area (Å²) >= 11 is 0. The number of unbranched alkanes of at least 4 members (excludes halogenated alkanes) is 16. The zero-order chi connectivity index (χ0) is 48.6. The Hall–Kier alpha value is -4.19. The van der Waals surface area contributed by atoms with Crippen LogP contribution in [0.1, 0.15) is 226 Å². The van der Waals surface area contributed by atoms with Gasteiger partial charge in [0.05, 0.1) is 0 Å². The van der Waals surface area contributed by atoms with Gasteiger partial charge in [0.2, 0.25) is 0 Å². The average molecular weight is 927 g/mol. The molecule has 0 spiro atoms. The molecule has 0 radical (unpaired) electrons. The van der Waals surface area contributed by atoms with Gasteiger partial charge in [-0.25, -0.2) is 0 Å². The van der Waals surface area contributed by atoms with Gasteiger partial charge in [-0.05, 0) is 122 Å². The normalized spacial score (nSPS) is 13.1. The fourth-order valence-electron chi connectivity index (χ4n) is 6.93. The largest absolute Gasteiger partial charge is 0.462 e. The van der Waals surface area contributed by atoms with Gasteiger partial charge in [0.15, 0.2) is 6.10 Å². The maximum absolute atomic E-state index is 12.8. The van der Waals surface area contributed by atoms with E-state index in [1.807, 2.05) is 0 Å². The molecule has 6 nitrogen and oxygen atoms in total. The number of hydrogen-bond donors (Lipinski definition) is 0. The molecule has 0 aromatic carbocycles. The number of esters is 3. The first-order valence-electron chi connectivity index (χ1n) is 27.0. The van der Waals surface area contributed by atoms with Crippen molar-refractivity contribution >= 4 is 17.9 Å². The minimum atomic E-state index is -0.816. The Morgan fingerprint density at radius 2 is 0.597 bits per heavy atom. The maximum Gasteiger partial charge on any atom is 0.306 e. The molecule has 0 aromatic heterocycles. The molecule has 0 aliphatic carbocycles. The van der Waals surface area contributed by atoms with Crippen LogP contribution in [-0.2, 0) is 28.6 Å². The van der Waals surface area contributed by atoms with Crippen LogP contribution in [0.5, 0.6) is 0 Å². The molecule has 0 rings (SSSR count). The fourth-order valence-corrected chi connectivity index (χ4v) is 6.93. The Kier molecular flexibility index (Phi) is 51.0. The zero-order valence-corrected chi connectivity index (χ0v) is 43.1. The van der Waals surface area contributed by atoms with Crippen molar-refractivity contribution in [2.75, 3.05) is 13.2 Å². The fraction of sp³-hybridized carbons (Fsp3) is 0.623. The first-order valence-corrected chi connectivity index (χ1v) is 27.0. The predicted molar refractivity (Wildman–Crippen MR) is 288 cm³/mol. The predicted octanol–water partition coefficient (Wildman–Crippen LogP) is 18.1. The van der Waals surface area contributed by atoms with Gasteiger partial charge in [-0.1, -0.05) is 206 Å². The molecule has 0 bridgehead atoms. The SMILES string of the molecule is CC/C=C/C/C=C/C/C=C/C/C=C/C/C=C/CCCC(=O)OC[C@@H](COC(=O)CCCCCCC/C=C/C/C=C/C/C=C/CC)OC(=O)CCCCCCCCC/C=C/C/C=C/CCCCC. The van der Waals surface area contributed by atoms with Crippen molar-refractivity contribution in [1.82, 2.24) is 0 Å². The molecule has 0 aliphatic rings. The van der Waals surface area contributed by atoms with Crippen LogP contribution in [0.25, 0.3) is 0 Å². The highest BCUT2D eigenvalue weighted by Crippen LogP contribution is 2.13. The second-order valence-corrected chi connectivity index (χ2v) is 17.4. The monoisotopic (exact) mass is 927 g/mol. The van der Waals surface area contributed by atoms with Crippen molar-refractivity contribution < 1.29 is 28.6 Å². The van der Waals surface area contributed by atoms with Crippen LogP contribution >= 0.6 is 0 Å². The summed E-state index contributed by atoms with van der Waals surface area (Å²) in [5.41, 5.74) is 0. The summed E-state index contributed by atoms with van der Waals surface area (Å²) < 4.78 is 16.8. The summed E-state index contributed by atoms with van der Waals surface area (Å²) in [5.74, 6) is -1.000. The molecule has 0 saturated carbocycles. The van der Waals surface area contributed by atoms with Gasteiger partial charge in [-0.3, -0.25) is 14.4 Å². The Morgan fingerprint density at radius 1 is 0.313 bits per heavy atom. The molecule has 0 N–H and O–H groups in total. The molecule has 0 saturated heterocycles. The van der Waals surface area contributed by atoms with Crippen molar-refractivity contribution in [2.45, 2.75) is 232 Å². The Bertz CT molecular complexity index is 1440. The third-order valence-electron chi connectivity index (χ3n) is 10.9. The van der Waals surface area contributed by atoms with Crippen molar-refractivity contribution in [2.24, 2.45) is 0 Å². The minimum absolute atomic E-state index is 0.111. The number of carbonyl (C=O) groups is 3. The van der Waals surface area contributed by atoms with Crippen LogP contribution in [0.15, 0.2) is 122 Å². The highest BCUT2D eigenvalue weighted by molar-refractivity contribution is 5.71. The Labute approximate surface area is 412 Å². The van der Waals surface area contributed by atoms with Gasteiger partial charge >= 0.3 is 17.9 Å². The molecule has 67 heavy (non-hydrogen) atoms. The van der Waals surface area contributed by atoms with Crippen LogP contribution < -0.4 is 0 Å². The summed E-state index contributed by atoms with van der Waals surface area (Å²) in [6.45, 7) is 6.31. The highest BCUT2D eigenvalue weighted by Gasteiger charge is 2.19. The Balaban J connectivity index is 4.54. The van der Waals surface area contributed by atoms with E-state index >= 15 is 0 Å². The average Bonchev–Trinajstić information content (AvgIpc) is 3.33. The van der Waals surface area contributed by atoms with E-state index in [9.17, 15) is 14.4 Å². The number of hydrogen-bond acceptors (Lipinski definition) is 6. The summed E-state index contributed by atoms with van der Waals surface area (Å²) in [6.07, 6.45) is 74.7. The van der Waals surface area contributed by atoms with E-state index in [-0.39, 0.29) is 37.5 Å². The summed E-state index contributed by atoms with van der Waals surface area (Å²) in [7, 11) is 0. The van der Waals surface area contributed by atoms with E-state index < -0.39 is 6.10 Å². The summed E-state index contributed by atoms with van der Waals surface area (Å²) in [6, 6.07) is 0. The van der Waals surface area contributed by atoms with Crippen molar-refractivity contribution in [3.63, 3.8) is 0 Å². The molecule has 0 unspecified atom stereocenters. The molecule has 0 amide bonds. The van der Waals surface area contributed by atoms with E-state index in [1.165, 1.54) is 51.4 Å². The van der Waals surface area contributed by atoms with E-state index in [0.717, 1.165) is 128 Å². The van der Waals surface area contributed by atoms with E-state index in [1.54, 1.807) is 0 Å². The van der Waals surface area contributed by atoms with Crippen molar-refractivity contribution in [3.8, 4) is 0 Å². The molecule has 0 heterocycles. The van der Waals surface area contributed by atoms with E-state index in [0.29, 0.717) is 19.3 Å². The number of rotatable bonds is 47. The van der Waals surface area contributed by atoms with Gasteiger partial charge in [0.1, 0.15) is 13.2 Å². The first-order chi connectivity index (χ1) is 33.0. The zero-order valence-electron chi connectivity index (χ0n) is 43.1. The smallest absolute Gasteiger partial charge is 0.306 e. The Morgan fingerprint density at radius 3 is 0.970 bits per heavy atom. The minimum Gasteiger partial charge on any atom is -0.462 e. The van der Waals surface area contributed by atoms with Crippen LogP contribution in [0, 0.1) is 0 Å². The molecule has 1 atom stereocenters. The van der Waals surface area contributed by atoms with Crippen LogP contribution in [0.4, 0.5) is 0 Å². The van der Waals surface area contributed by atoms with Crippen LogP contribution in [0.3, 0.4) is 0 Å². The van der Waals surface area contributed by atoms with E-state index in [4.69, 9.17) is 14.2 Å². The molecule has 0 aliphatic heterocycles. The quantitative estimate of drug-likeness (QED) is 0.0262. The lowest BCUT2D eigenvalue weighted by molar-refractivity contribution is -0.167. The second kappa shape index (κ2) is 54.4. The third-order valence-corrected chi connectivity index (χ3v) is 10.9. The topological polar surface area (TPSA) is 78.9 Å². The maximum atomic E-state index is 12.8. The van der Waals surface area contributed by atoms with Crippen LogP contribution in [-0.4, -0.2) is 37.2 Å². The van der Waals surface area contributed by atoms with Crippen molar-refractivity contribution in [1.29, 1.82) is 0 Å².